The van der Waals surface area contributed by atoms with E-state index in [1.165, 1.54) is 120 Å². The molecule has 0 atom stereocenters. The van der Waals surface area contributed by atoms with Crippen molar-refractivity contribution >= 4 is 97.7 Å². The summed E-state index contributed by atoms with van der Waals surface area (Å²) >= 11 is 0. The average Bonchev–Trinajstić information content (AvgIpc) is 3.83. The summed E-state index contributed by atoms with van der Waals surface area (Å²) in [6, 6.07) is 39.0. The zero-order chi connectivity index (χ0) is 39.2. The molecule has 0 aliphatic carbocycles. The Morgan fingerprint density at radius 1 is 0.268 bits per heavy atom. The lowest BCUT2D eigenvalue weighted by atomic mass is 9.84. The molecule has 278 valence electrons. The van der Waals surface area contributed by atoms with Crippen LogP contribution in [0.3, 0.4) is 0 Å². The van der Waals surface area contributed by atoms with E-state index in [2.05, 4.69) is 189 Å². The number of nitrogens with zero attached hydrogens (tertiary/aromatic N) is 2. The van der Waals surface area contributed by atoms with Crippen LogP contribution in [0.25, 0.3) is 97.7 Å². The van der Waals surface area contributed by atoms with E-state index < -0.39 is 0 Å². The molecule has 0 saturated heterocycles. The van der Waals surface area contributed by atoms with E-state index in [-0.39, 0.29) is 21.7 Å². The third-order valence-electron chi connectivity index (χ3n) is 13.3. The van der Waals surface area contributed by atoms with Gasteiger partial charge in [-0.05, 0) is 138 Å². The van der Waals surface area contributed by atoms with Gasteiger partial charge in [0.1, 0.15) is 0 Å². The maximum Gasteiger partial charge on any atom is 0.0620 e. The van der Waals surface area contributed by atoms with Gasteiger partial charge in [0.05, 0.1) is 33.1 Å². The van der Waals surface area contributed by atoms with Gasteiger partial charge in [-0.15, -0.1) is 0 Å². The molecule has 0 spiro atoms. The van der Waals surface area contributed by atoms with Gasteiger partial charge < -0.3 is 8.80 Å². The van der Waals surface area contributed by atoms with Gasteiger partial charge in [0.15, 0.2) is 0 Å². The molecule has 0 unspecified atom stereocenters. The monoisotopic (exact) mass is 728 g/mol. The quantitative estimate of drug-likeness (QED) is 0.138. The summed E-state index contributed by atoms with van der Waals surface area (Å²) in [4.78, 5) is 0. The lowest BCUT2D eigenvalue weighted by molar-refractivity contribution is 0.590. The Kier molecular flexibility index (Phi) is 6.27. The summed E-state index contributed by atoms with van der Waals surface area (Å²) in [6.45, 7) is 28.0. The number of benzene rings is 7. The maximum absolute atomic E-state index is 2.57. The SMILES string of the molecule is CC(C)(C)c1ccc2c(c1)c1cc(C(C)(C)C)cc3c4cc5ccc6cc7c8cc(C(C)(C)C)cc9c%10cc(C(C)(C)C)ccc%10n(c7cc6c5cc4n2c13)c98. The van der Waals surface area contributed by atoms with Crippen LogP contribution >= 0.6 is 0 Å². The van der Waals surface area contributed by atoms with E-state index in [0.717, 1.165) is 0 Å². The van der Waals surface area contributed by atoms with E-state index in [4.69, 9.17) is 0 Å². The Labute approximate surface area is 329 Å². The normalized spacial score (nSPS) is 14.1. The molecule has 0 radical (unpaired) electrons. The number of hydrogen-bond donors (Lipinski definition) is 0. The summed E-state index contributed by atoms with van der Waals surface area (Å²) in [5, 5.41) is 16.0. The highest BCUT2D eigenvalue weighted by Crippen LogP contribution is 2.47. The molecule has 4 aromatic heterocycles. The Morgan fingerprint density at radius 3 is 0.893 bits per heavy atom. The second-order valence-electron chi connectivity index (χ2n) is 21.2. The molecule has 0 fully saturated rings. The standard InChI is InChI=1S/C54H52N2/c1-51(2,3)31-15-17-45-39(21-31)43-25-33(53(7,8)9)23-41-37-19-29-13-14-30-20-38-42-24-34(54(10,11)12)26-44-40-22-32(52(4,5)6)16-18-46(40)56(50(42)44)48(38)28-36(30)35(29)27-47(37)55(45)49(41)43/h13-28H,1-12H3. The fourth-order valence-corrected chi connectivity index (χ4v) is 9.94. The van der Waals surface area contributed by atoms with Crippen LogP contribution in [-0.4, -0.2) is 8.80 Å². The van der Waals surface area contributed by atoms with Crippen LogP contribution in [0, 0.1) is 0 Å². The molecular weight excluding hydrogens is 677 g/mol. The smallest absolute Gasteiger partial charge is 0.0620 e. The van der Waals surface area contributed by atoms with Crippen LogP contribution in [0.4, 0.5) is 0 Å². The Bertz CT molecular complexity index is 3250. The van der Waals surface area contributed by atoms with E-state index in [0.29, 0.717) is 0 Å². The highest BCUT2D eigenvalue weighted by atomic mass is 14.9. The molecule has 56 heavy (non-hydrogen) atoms. The highest BCUT2D eigenvalue weighted by molar-refractivity contribution is 6.29. The van der Waals surface area contributed by atoms with Crippen LogP contribution in [0.2, 0.25) is 0 Å². The summed E-state index contributed by atoms with van der Waals surface area (Å²) in [6.07, 6.45) is 0. The predicted octanol–water partition coefficient (Wildman–Crippen LogP) is 15.5. The van der Waals surface area contributed by atoms with E-state index in [9.17, 15) is 0 Å². The minimum Gasteiger partial charge on any atom is -0.308 e. The number of fused-ring (bicyclic) bond motifs is 15. The maximum atomic E-state index is 2.57. The first-order valence-electron chi connectivity index (χ1n) is 20.6. The first kappa shape index (κ1) is 34.0. The molecule has 2 nitrogen and oxygen atoms in total. The molecule has 7 aromatic carbocycles. The van der Waals surface area contributed by atoms with E-state index >= 15 is 0 Å². The van der Waals surface area contributed by atoms with Crippen molar-refractivity contribution in [2.45, 2.75) is 105 Å². The highest BCUT2D eigenvalue weighted by Gasteiger charge is 2.27. The Hall–Kier alpha value is -5.34. The van der Waals surface area contributed by atoms with Gasteiger partial charge in [-0.3, -0.25) is 0 Å². The number of aromatic nitrogens is 2. The molecule has 2 heteroatoms. The molecule has 0 aliphatic rings. The largest absolute Gasteiger partial charge is 0.308 e. The molecule has 0 aliphatic heterocycles. The van der Waals surface area contributed by atoms with Crippen molar-refractivity contribution in [2.24, 2.45) is 0 Å². The van der Waals surface area contributed by atoms with E-state index in [1.54, 1.807) is 0 Å². The summed E-state index contributed by atoms with van der Waals surface area (Å²) < 4.78 is 5.14. The minimum absolute atomic E-state index is 0.0323. The Morgan fingerprint density at radius 2 is 0.571 bits per heavy atom. The van der Waals surface area contributed by atoms with Gasteiger partial charge >= 0.3 is 0 Å². The number of rotatable bonds is 0. The average molecular weight is 729 g/mol. The van der Waals surface area contributed by atoms with Crippen molar-refractivity contribution in [1.29, 1.82) is 0 Å². The second kappa shape index (κ2) is 10.3. The van der Waals surface area contributed by atoms with Crippen molar-refractivity contribution in [3.63, 3.8) is 0 Å². The summed E-state index contributed by atoms with van der Waals surface area (Å²) in [7, 11) is 0. The van der Waals surface area contributed by atoms with Gasteiger partial charge in [-0.25, -0.2) is 0 Å². The third-order valence-corrected chi connectivity index (χ3v) is 13.3. The van der Waals surface area contributed by atoms with Crippen LogP contribution in [0.15, 0.2) is 97.1 Å². The van der Waals surface area contributed by atoms with Crippen LogP contribution in [-0.2, 0) is 21.7 Å². The van der Waals surface area contributed by atoms with Crippen LogP contribution < -0.4 is 0 Å². The zero-order valence-corrected chi connectivity index (χ0v) is 35.1. The van der Waals surface area contributed by atoms with Gasteiger partial charge in [-0.1, -0.05) is 107 Å². The lowest BCUT2D eigenvalue weighted by Gasteiger charge is -2.20. The fourth-order valence-electron chi connectivity index (χ4n) is 9.94. The third kappa shape index (κ3) is 4.45. The topological polar surface area (TPSA) is 8.82 Å². The molecular formula is C54H52N2. The molecule has 11 rings (SSSR count). The molecule has 4 heterocycles. The van der Waals surface area contributed by atoms with Crippen molar-refractivity contribution < 1.29 is 0 Å². The van der Waals surface area contributed by atoms with Gasteiger partial charge in [-0.2, -0.15) is 0 Å². The first-order chi connectivity index (χ1) is 26.3. The van der Waals surface area contributed by atoms with Crippen LogP contribution in [0.5, 0.6) is 0 Å². The minimum atomic E-state index is 0.0323. The second-order valence-corrected chi connectivity index (χ2v) is 21.2. The lowest BCUT2D eigenvalue weighted by Crippen LogP contribution is -2.11. The Balaban J connectivity index is 1.28. The summed E-state index contributed by atoms with van der Waals surface area (Å²) in [5.41, 5.74) is 13.6. The van der Waals surface area contributed by atoms with Gasteiger partial charge in [0.25, 0.3) is 0 Å². The fraction of sp³-hybridized carbons (Fsp3) is 0.296. The molecule has 0 N–H and O–H groups in total. The first-order valence-corrected chi connectivity index (χ1v) is 20.6. The summed E-state index contributed by atoms with van der Waals surface area (Å²) in [5.74, 6) is 0. The van der Waals surface area contributed by atoms with Crippen LogP contribution in [0.1, 0.15) is 105 Å². The number of hydrogen-bond acceptors (Lipinski definition) is 0. The zero-order valence-electron chi connectivity index (χ0n) is 35.1. The van der Waals surface area contributed by atoms with Gasteiger partial charge in [0.2, 0.25) is 0 Å². The van der Waals surface area contributed by atoms with Gasteiger partial charge in [0, 0.05) is 43.1 Å². The van der Waals surface area contributed by atoms with E-state index in [1.807, 2.05) is 0 Å². The predicted molar refractivity (Wildman–Crippen MR) is 246 cm³/mol. The van der Waals surface area contributed by atoms with Crippen molar-refractivity contribution in [1.82, 2.24) is 8.80 Å². The van der Waals surface area contributed by atoms with Crippen molar-refractivity contribution in [3.8, 4) is 0 Å². The van der Waals surface area contributed by atoms with Crippen molar-refractivity contribution in [3.05, 3.63) is 119 Å². The molecule has 0 saturated carbocycles. The van der Waals surface area contributed by atoms with Crippen molar-refractivity contribution in [2.75, 3.05) is 0 Å². The molecule has 11 aromatic rings. The molecule has 0 bridgehead atoms. The molecule has 0 amide bonds.